The average molecular weight is 595 g/mol. The van der Waals surface area contributed by atoms with Gasteiger partial charge in [0.05, 0.1) is 16.8 Å². The summed E-state index contributed by atoms with van der Waals surface area (Å²) in [5, 5.41) is 4.21. The average Bonchev–Trinajstić information content (AvgIpc) is 2.99. The van der Waals surface area contributed by atoms with Gasteiger partial charge in [-0.25, -0.2) is 13.2 Å². The molecule has 0 spiro atoms. The summed E-state index contributed by atoms with van der Waals surface area (Å²) in [4.78, 5) is 21.2. The van der Waals surface area contributed by atoms with Gasteiger partial charge in [0.2, 0.25) is 5.43 Å². The lowest BCUT2D eigenvalue weighted by molar-refractivity contribution is 0.102. The van der Waals surface area contributed by atoms with Gasteiger partial charge in [-0.15, -0.1) is 0 Å². The maximum absolute atomic E-state index is 15.4. The van der Waals surface area contributed by atoms with E-state index in [4.69, 9.17) is 10.6 Å². The van der Waals surface area contributed by atoms with Gasteiger partial charge in [0.25, 0.3) is 0 Å². The zero-order valence-corrected chi connectivity index (χ0v) is 24.4. The normalized spacial score (nSPS) is 14.4. The lowest BCUT2D eigenvalue weighted by Gasteiger charge is -2.29. The van der Waals surface area contributed by atoms with Gasteiger partial charge < -0.3 is 20.0 Å². The predicted octanol–water partition coefficient (Wildman–Crippen LogP) is 5.97. The number of nitrogens with zero attached hydrogens (tertiary/aromatic N) is 3. The maximum Gasteiger partial charge on any atom is 0.200 e. The fourth-order valence-electron chi connectivity index (χ4n) is 4.99. The van der Waals surface area contributed by atoms with Gasteiger partial charge in [-0.2, -0.15) is 11.8 Å². The van der Waals surface area contributed by atoms with Crippen LogP contribution in [0.3, 0.4) is 0 Å². The van der Waals surface area contributed by atoms with Crippen LogP contribution >= 0.6 is 11.8 Å². The Hall–Kier alpha value is -3.92. The first-order chi connectivity index (χ1) is 20.2. The number of alkyl halides is 1. The number of pyridine rings is 1. The van der Waals surface area contributed by atoms with E-state index < -0.39 is 23.3 Å². The van der Waals surface area contributed by atoms with Gasteiger partial charge in [-0.3, -0.25) is 4.79 Å². The molecule has 0 radical (unpaired) electrons. The number of hydrogen-bond donors (Lipinski definition) is 1. The predicted molar refractivity (Wildman–Crippen MR) is 164 cm³/mol. The first kappa shape index (κ1) is 29.6. The van der Waals surface area contributed by atoms with Crippen LogP contribution in [0, 0.1) is 11.6 Å². The molecule has 0 unspecified atom stereocenters. The summed E-state index contributed by atoms with van der Waals surface area (Å²) in [5.41, 5.74) is 8.66. The van der Waals surface area contributed by atoms with Crippen molar-refractivity contribution in [2.24, 2.45) is 10.9 Å². The third kappa shape index (κ3) is 6.43. The zero-order valence-electron chi connectivity index (χ0n) is 23.6. The van der Waals surface area contributed by atoms with Gasteiger partial charge >= 0.3 is 0 Å². The Kier molecular flexibility index (Phi) is 8.82. The number of halogens is 3. The Morgan fingerprint density at radius 2 is 1.69 bits per heavy atom. The SMILES string of the molecule is CC(C)(CO/N=C(\N)c1cn(Cc2ccc(CF)cc2)c2cc(N3CCSCC3)c(F)cc2c1=O)c1ccc(F)cc1. The molecule has 42 heavy (non-hydrogen) atoms. The van der Waals surface area contributed by atoms with Gasteiger partial charge in [0.15, 0.2) is 5.84 Å². The largest absolute Gasteiger partial charge is 0.393 e. The van der Waals surface area contributed by atoms with Crippen molar-refractivity contribution in [1.29, 1.82) is 0 Å². The van der Waals surface area contributed by atoms with Crippen molar-refractivity contribution in [2.75, 3.05) is 36.1 Å². The van der Waals surface area contributed by atoms with E-state index >= 15 is 4.39 Å². The number of benzene rings is 3. The van der Waals surface area contributed by atoms with Crippen LogP contribution < -0.4 is 16.1 Å². The Labute approximate surface area is 247 Å². The summed E-state index contributed by atoms with van der Waals surface area (Å²) in [5.74, 6) is 0.845. The fourth-order valence-corrected chi connectivity index (χ4v) is 5.89. The molecule has 0 aliphatic carbocycles. The molecule has 220 valence electrons. The van der Waals surface area contributed by atoms with Crippen LogP contribution in [0.4, 0.5) is 18.9 Å². The number of fused-ring (bicyclic) bond motifs is 1. The standard InChI is InChI=1S/C32H33F3N4O2S/c1-32(2,23-7-9-24(34)10-8-23)20-41-37-31(36)26-19-39(18-22-5-3-21(17-33)4-6-22)28-16-29(38-11-13-42-14-12-38)27(35)15-25(28)30(26)40/h3-10,15-16,19H,11-14,17-18,20H2,1-2H3,(H2,36,37). The van der Waals surface area contributed by atoms with Crippen LogP contribution in [0.5, 0.6) is 0 Å². The molecular weight excluding hydrogens is 561 g/mol. The van der Waals surface area contributed by atoms with Crippen LogP contribution in [0.25, 0.3) is 10.9 Å². The minimum absolute atomic E-state index is 0.0731. The molecule has 0 amide bonds. The monoisotopic (exact) mass is 594 g/mol. The molecule has 1 aliphatic rings. The van der Waals surface area contributed by atoms with E-state index in [0.717, 1.165) is 22.6 Å². The van der Waals surface area contributed by atoms with Crippen LogP contribution in [-0.4, -0.2) is 41.6 Å². The van der Waals surface area contributed by atoms with E-state index in [1.165, 1.54) is 18.2 Å². The number of oxime groups is 1. The summed E-state index contributed by atoms with van der Waals surface area (Å²) in [7, 11) is 0. The number of rotatable bonds is 9. The van der Waals surface area contributed by atoms with E-state index in [-0.39, 0.29) is 29.2 Å². The van der Waals surface area contributed by atoms with Crippen molar-refractivity contribution >= 4 is 34.2 Å². The molecule has 1 saturated heterocycles. The molecular formula is C32H33F3N4O2S. The van der Waals surface area contributed by atoms with Crippen molar-refractivity contribution in [2.45, 2.75) is 32.5 Å². The quantitative estimate of drug-likeness (QED) is 0.147. The molecule has 4 aromatic rings. The molecule has 6 nitrogen and oxygen atoms in total. The lowest BCUT2D eigenvalue weighted by Crippen LogP contribution is -2.33. The molecule has 3 aromatic carbocycles. The maximum atomic E-state index is 15.4. The van der Waals surface area contributed by atoms with Gasteiger partial charge in [-0.05, 0) is 41.0 Å². The number of thioether (sulfide) groups is 1. The second-order valence-electron chi connectivity index (χ2n) is 11.0. The van der Waals surface area contributed by atoms with Crippen LogP contribution in [-0.2, 0) is 23.5 Å². The molecule has 1 fully saturated rings. The second kappa shape index (κ2) is 12.5. The smallest absolute Gasteiger partial charge is 0.200 e. The van der Waals surface area contributed by atoms with Crippen LogP contribution in [0.1, 0.15) is 36.1 Å². The molecule has 0 saturated carbocycles. The molecule has 0 bridgehead atoms. The first-order valence-electron chi connectivity index (χ1n) is 13.7. The van der Waals surface area contributed by atoms with Crippen molar-refractivity contribution < 1.29 is 18.0 Å². The number of aromatic nitrogens is 1. The summed E-state index contributed by atoms with van der Waals surface area (Å²) >= 11 is 1.83. The third-order valence-corrected chi connectivity index (χ3v) is 8.46. The minimum atomic E-state index is -0.562. The number of hydrogen-bond acceptors (Lipinski definition) is 5. The van der Waals surface area contributed by atoms with Gasteiger partial charge in [0, 0.05) is 48.1 Å². The van der Waals surface area contributed by atoms with E-state index in [9.17, 15) is 13.6 Å². The van der Waals surface area contributed by atoms with Gasteiger partial charge in [0.1, 0.15) is 24.9 Å². The van der Waals surface area contributed by atoms with E-state index in [1.54, 1.807) is 36.5 Å². The van der Waals surface area contributed by atoms with E-state index in [0.29, 0.717) is 36.4 Å². The second-order valence-corrected chi connectivity index (χ2v) is 12.2. The molecule has 1 aromatic heterocycles. The molecule has 10 heteroatoms. The number of amidine groups is 1. The topological polar surface area (TPSA) is 72.8 Å². The van der Waals surface area contributed by atoms with Crippen molar-refractivity contribution in [3.63, 3.8) is 0 Å². The van der Waals surface area contributed by atoms with Crippen molar-refractivity contribution in [3.8, 4) is 0 Å². The summed E-state index contributed by atoms with van der Waals surface area (Å²) in [6, 6.07) is 16.2. The summed E-state index contributed by atoms with van der Waals surface area (Å²) < 4.78 is 43.7. The van der Waals surface area contributed by atoms with E-state index in [1.807, 2.05) is 47.2 Å². The highest BCUT2D eigenvalue weighted by molar-refractivity contribution is 7.99. The summed E-state index contributed by atoms with van der Waals surface area (Å²) in [6.07, 6.45) is 1.61. The van der Waals surface area contributed by atoms with Crippen LogP contribution in [0.2, 0.25) is 0 Å². The number of anilines is 1. The highest BCUT2D eigenvalue weighted by Gasteiger charge is 2.23. The van der Waals surface area contributed by atoms with Crippen molar-refractivity contribution in [1.82, 2.24) is 4.57 Å². The molecule has 2 heterocycles. The van der Waals surface area contributed by atoms with Crippen molar-refractivity contribution in [3.05, 3.63) is 111 Å². The molecule has 2 N–H and O–H groups in total. The fraction of sp³-hybridized carbons (Fsp3) is 0.312. The lowest BCUT2D eigenvalue weighted by atomic mass is 9.86. The number of nitrogens with two attached hydrogens (primary N) is 1. The molecule has 5 rings (SSSR count). The highest BCUT2D eigenvalue weighted by Crippen LogP contribution is 2.28. The Morgan fingerprint density at radius 3 is 2.36 bits per heavy atom. The Morgan fingerprint density at radius 1 is 1.02 bits per heavy atom. The Bertz CT molecular complexity index is 1650. The molecule has 1 aliphatic heterocycles. The van der Waals surface area contributed by atoms with E-state index in [2.05, 4.69) is 5.16 Å². The summed E-state index contributed by atoms with van der Waals surface area (Å²) in [6.45, 7) is 5.16. The molecule has 0 atom stereocenters. The first-order valence-corrected chi connectivity index (χ1v) is 14.9. The third-order valence-electron chi connectivity index (χ3n) is 7.52. The highest BCUT2D eigenvalue weighted by atomic mass is 32.2. The minimum Gasteiger partial charge on any atom is -0.393 e. The van der Waals surface area contributed by atoms with Gasteiger partial charge in [-0.1, -0.05) is 55.4 Å². The Balaban J connectivity index is 1.52. The van der Waals surface area contributed by atoms with Crippen LogP contribution in [0.15, 0.2) is 76.8 Å². The zero-order chi connectivity index (χ0) is 29.9.